The number of benzene rings is 1. The van der Waals surface area contributed by atoms with Gasteiger partial charge in [0.25, 0.3) is 5.91 Å². The minimum absolute atomic E-state index is 0.246. The number of halogens is 1. The number of carbonyl (C=O) groups is 1. The SMILES string of the molecule is O=C1NC(=S)S/C1=C/c1ccc(-c2ccccc2F)o1. The molecule has 1 aliphatic heterocycles. The van der Waals surface area contributed by atoms with E-state index in [1.165, 1.54) is 17.8 Å². The van der Waals surface area contributed by atoms with Gasteiger partial charge in [0, 0.05) is 6.08 Å². The topological polar surface area (TPSA) is 42.2 Å². The summed E-state index contributed by atoms with van der Waals surface area (Å²) in [5.74, 6) is 0.297. The van der Waals surface area contributed by atoms with E-state index < -0.39 is 0 Å². The van der Waals surface area contributed by atoms with Crippen LogP contribution in [-0.4, -0.2) is 10.2 Å². The second-order valence-electron chi connectivity index (χ2n) is 4.03. The second kappa shape index (κ2) is 5.22. The van der Waals surface area contributed by atoms with Gasteiger partial charge in [0.2, 0.25) is 0 Å². The molecule has 1 fully saturated rings. The van der Waals surface area contributed by atoms with Crippen molar-refractivity contribution in [3.05, 3.63) is 52.9 Å². The van der Waals surface area contributed by atoms with Gasteiger partial charge in [-0.05, 0) is 24.3 Å². The van der Waals surface area contributed by atoms with Gasteiger partial charge < -0.3 is 9.73 Å². The van der Waals surface area contributed by atoms with Gasteiger partial charge in [-0.15, -0.1) is 0 Å². The van der Waals surface area contributed by atoms with Crippen molar-refractivity contribution < 1.29 is 13.6 Å². The summed E-state index contributed by atoms with van der Waals surface area (Å²) in [5.41, 5.74) is 0.385. The summed E-state index contributed by atoms with van der Waals surface area (Å²) in [6, 6.07) is 9.71. The Morgan fingerprint density at radius 2 is 2.05 bits per heavy atom. The summed E-state index contributed by atoms with van der Waals surface area (Å²) >= 11 is 6.07. The van der Waals surface area contributed by atoms with Crippen molar-refractivity contribution in [1.29, 1.82) is 0 Å². The first-order valence-electron chi connectivity index (χ1n) is 5.73. The predicted molar refractivity (Wildman–Crippen MR) is 80.4 cm³/mol. The number of hydrogen-bond donors (Lipinski definition) is 1. The molecule has 1 aliphatic rings. The molecule has 0 saturated carbocycles. The molecule has 1 N–H and O–H groups in total. The van der Waals surface area contributed by atoms with Crippen molar-refractivity contribution in [2.45, 2.75) is 0 Å². The lowest BCUT2D eigenvalue weighted by Gasteiger charge is -1.97. The number of amides is 1. The van der Waals surface area contributed by atoms with E-state index >= 15 is 0 Å². The maximum atomic E-state index is 13.6. The average Bonchev–Trinajstić information content (AvgIpc) is 2.98. The number of carbonyl (C=O) groups excluding carboxylic acids is 1. The molecule has 1 aromatic carbocycles. The Balaban J connectivity index is 1.92. The van der Waals surface area contributed by atoms with Gasteiger partial charge in [-0.25, -0.2) is 4.39 Å². The first kappa shape index (κ1) is 13.1. The molecule has 1 saturated heterocycles. The van der Waals surface area contributed by atoms with E-state index in [1.54, 1.807) is 36.4 Å². The first-order valence-corrected chi connectivity index (χ1v) is 6.95. The van der Waals surface area contributed by atoms with Gasteiger partial charge in [0.05, 0.1) is 10.5 Å². The summed E-state index contributed by atoms with van der Waals surface area (Å²) in [6.45, 7) is 0. The zero-order valence-electron chi connectivity index (χ0n) is 10.1. The van der Waals surface area contributed by atoms with Crippen molar-refractivity contribution in [3.63, 3.8) is 0 Å². The molecule has 0 aliphatic carbocycles. The van der Waals surface area contributed by atoms with Crippen LogP contribution in [0.5, 0.6) is 0 Å². The maximum absolute atomic E-state index is 13.6. The van der Waals surface area contributed by atoms with Crippen LogP contribution in [0.3, 0.4) is 0 Å². The van der Waals surface area contributed by atoms with E-state index in [1.807, 2.05) is 0 Å². The largest absolute Gasteiger partial charge is 0.457 e. The smallest absolute Gasteiger partial charge is 0.263 e. The van der Waals surface area contributed by atoms with Gasteiger partial charge in [-0.2, -0.15) is 0 Å². The first-order chi connectivity index (χ1) is 9.63. The molecule has 1 aromatic heterocycles. The highest BCUT2D eigenvalue weighted by atomic mass is 32.2. The zero-order chi connectivity index (χ0) is 14.1. The van der Waals surface area contributed by atoms with Crippen LogP contribution in [0.15, 0.2) is 45.7 Å². The quantitative estimate of drug-likeness (QED) is 0.680. The van der Waals surface area contributed by atoms with Gasteiger partial charge in [0.1, 0.15) is 21.7 Å². The molecule has 0 radical (unpaired) electrons. The summed E-state index contributed by atoms with van der Waals surface area (Å²) in [5, 5.41) is 2.52. The van der Waals surface area contributed by atoms with Crippen LogP contribution in [0.25, 0.3) is 17.4 Å². The molecular weight excluding hydrogens is 297 g/mol. The molecule has 100 valence electrons. The van der Waals surface area contributed by atoms with E-state index in [9.17, 15) is 9.18 Å². The van der Waals surface area contributed by atoms with Gasteiger partial charge in [-0.3, -0.25) is 4.79 Å². The third kappa shape index (κ3) is 2.52. The van der Waals surface area contributed by atoms with E-state index in [0.29, 0.717) is 26.3 Å². The van der Waals surface area contributed by atoms with Crippen LogP contribution in [0, 0.1) is 5.82 Å². The minimum Gasteiger partial charge on any atom is -0.457 e. The molecule has 0 atom stereocenters. The van der Waals surface area contributed by atoms with Crippen LogP contribution in [0.4, 0.5) is 4.39 Å². The van der Waals surface area contributed by atoms with Crippen molar-refractivity contribution in [2.75, 3.05) is 0 Å². The molecule has 0 unspecified atom stereocenters. The van der Waals surface area contributed by atoms with Gasteiger partial charge >= 0.3 is 0 Å². The fourth-order valence-electron chi connectivity index (χ4n) is 1.79. The van der Waals surface area contributed by atoms with E-state index in [0.717, 1.165) is 0 Å². The fraction of sp³-hybridized carbons (Fsp3) is 0. The lowest BCUT2D eigenvalue weighted by Crippen LogP contribution is -2.17. The van der Waals surface area contributed by atoms with Crippen LogP contribution in [0.2, 0.25) is 0 Å². The molecule has 2 aromatic rings. The minimum atomic E-state index is -0.352. The maximum Gasteiger partial charge on any atom is 0.263 e. The van der Waals surface area contributed by atoms with Crippen LogP contribution >= 0.6 is 24.0 Å². The normalized spacial score (nSPS) is 16.8. The second-order valence-corrected chi connectivity index (χ2v) is 5.75. The van der Waals surface area contributed by atoms with Crippen molar-refractivity contribution in [1.82, 2.24) is 5.32 Å². The van der Waals surface area contributed by atoms with Crippen molar-refractivity contribution >= 4 is 40.3 Å². The Morgan fingerprint density at radius 3 is 2.75 bits per heavy atom. The third-order valence-electron chi connectivity index (χ3n) is 2.68. The van der Waals surface area contributed by atoms with Crippen LogP contribution in [0.1, 0.15) is 5.76 Å². The summed E-state index contributed by atoms with van der Waals surface area (Å²) in [6.07, 6.45) is 1.59. The molecular formula is C14H8FNO2S2. The Kier molecular flexibility index (Phi) is 3.42. The molecule has 3 rings (SSSR count). The molecule has 2 heterocycles. The Bertz CT molecular complexity index is 736. The van der Waals surface area contributed by atoms with Crippen LogP contribution in [-0.2, 0) is 4.79 Å². The lowest BCUT2D eigenvalue weighted by atomic mass is 10.1. The van der Waals surface area contributed by atoms with Crippen LogP contribution < -0.4 is 5.32 Å². The van der Waals surface area contributed by atoms with Gasteiger partial charge in [0.15, 0.2) is 0 Å². The number of furan rings is 1. The molecule has 20 heavy (non-hydrogen) atoms. The zero-order valence-corrected chi connectivity index (χ0v) is 11.7. The lowest BCUT2D eigenvalue weighted by molar-refractivity contribution is -0.115. The molecule has 1 amide bonds. The highest BCUT2D eigenvalue weighted by molar-refractivity contribution is 8.26. The summed E-state index contributed by atoms with van der Waals surface area (Å²) in [4.78, 5) is 12.0. The average molecular weight is 305 g/mol. The Hall–Kier alpha value is -1.92. The number of thiocarbonyl (C=S) groups is 1. The van der Waals surface area contributed by atoms with Gasteiger partial charge in [-0.1, -0.05) is 36.1 Å². The summed E-state index contributed by atoms with van der Waals surface area (Å²) in [7, 11) is 0. The Morgan fingerprint density at radius 1 is 1.25 bits per heavy atom. The molecule has 0 bridgehead atoms. The monoisotopic (exact) mass is 305 g/mol. The van der Waals surface area contributed by atoms with E-state index in [2.05, 4.69) is 5.32 Å². The molecule has 3 nitrogen and oxygen atoms in total. The number of nitrogens with one attached hydrogen (secondary N) is 1. The third-order valence-corrected chi connectivity index (χ3v) is 3.84. The highest BCUT2D eigenvalue weighted by Gasteiger charge is 2.22. The molecule has 0 spiro atoms. The standard InChI is InChI=1S/C14H8FNO2S2/c15-10-4-2-1-3-9(10)11-6-5-8(18-11)7-12-13(17)16-14(19)20-12/h1-7H,(H,16,17,19)/b12-7+. The number of thioether (sulfide) groups is 1. The fourth-order valence-corrected chi connectivity index (χ4v) is 2.81. The van der Waals surface area contributed by atoms with Crippen molar-refractivity contribution in [2.24, 2.45) is 0 Å². The Labute approximate surface area is 123 Å². The number of rotatable bonds is 2. The summed E-state index contributed by atoms with van der Waals surface area (Å²) < 4.78 is 19.6. The highest BCUT2D eigenvalue weighted by Crippen LogP contribution is 2.29. The number of hydrogen-bond acceptors (Lipinski definition) is 4. The molecule has 6 heteroatoms. The van der Waals surface area contributed by atoms with Crippen molar-refractivity contribution in [3.8, 4) is 11.3 Å². The predicted octanol–water partition coefficient (Wildman–Crippen LogP) is 3.57. The van der Waals surface area contributed by atoms with E-state index in [-0.39, 0.29) is 11.7 Å². The van der Waals surface area contributed by atoms with E-state index in [4.69, 9.17) is 16.6 Å².